The molecule has 20 heavy (non-hydrogen) atoms. The van der Waals surface area contributed by atoms with Gasteiger partial charge in [0.2, 0.25) is 0 Å². The maximum absolute atomic E-state index is 10.7. The summed E-state index contributed by atoms with van der Waals surface area (Å²) in [6.07, 6.45) is 5.74. The van der Waals surface area contributed by atoms with Gasteiger partial charge >= 0.3 is 0 Å². The van der Waals surface area contributed by atoms with Crippen LogP contribution in [0.25, 0.3) is 0 Å². The lowest BCUT2D eigenvalue weighted by Gasteiger charge is -2.35. The van der Waals surface area contributed by atoms with Crippen LogP contribution in [0, 0.1) is 15.5 Å². The molecular weight excluding hydrogens is 256 g/mol. The maximum Gasteiger partial charge on any atom is 0.269 e. The highest BCUT2D eigenvalue weighted by atomic mass is 16.6. The average molecular weight is 278 g/mol. The monoisotopic (exact) mass is 278 g/mol. The molecule has 2 rings (SSSR count). The molecule has 1 aromatic carbocycles. The molecule has 5 nitrogen and oxygen atoms in total. The fraction of sp³-hybridized carbons (Fsp3) is 0.600. The number of nitrogens with one attached hydrogen (secondary N) is 1. The Morgan fingerprint density at radius 2 is 2.05 bits per heavy atom. The number of nitro benzene ring substituents is 1. The summed E-state index contributed by atoms with van der Waals surface area (Å²) in [4.78, 5) is 10.3. The van der Waals surface area contributed by atoms with Crippen LogP contribution in [0.2, 0.25) is 0 Å². The zero-order valence-corrected chi connectivity index (χ0v) is 11.7. The van der Waals surface area contributed by atoms with Gasteiger partial charge in [0.25, 0.3) is 5.69 Å². The molecule has 0 spiro atoms. The van der Waals surface area contributed by atoms with E-state index >= 15 is 0 Å². The Morgan fingerprint density at radius 1 is 1.30 bits per heavy atom. The van der Waals surface area contributed by atoms with Gasteiger partial charge in [-0.1, -0.05) is 31.4 Å². The third kappa shape index (κ3) is 3.77. The van der Waals surface area contributed by atoms with E-state index in [-0.39, 0.29) is 22.6 Å². The first kappa shape index (κ1) is 14.9. The molecule has 1 aromatic rings. The van der Waals surface area contributed by atoms with Crippen molar-refractivity contribution in [2.24, 2.45) is 5.41 Å². The van der Waals surface area contributed by atoms with E-state index in [1.165, 1.54) is 25.3 Å². The van der Waals surface area contributed by atoms with Crippen LogP contribution in [0.4, 0.5) is 5.69 Å². The molecule has 5 heteroatoms. The maximum atomic E-state index is 10.7. The van der Waals surface area contributed by atoms with Gasteiger partial charge in [0, 0.05) is 37.2 Å². The molecule has 1 aliphatic carbocycles. The molecule has 0 aliphatic heterocycles. The zero-order valence-electron chi connectivity index (χ0n) is 11.7. The average Bonchev–Trinajstić information content (AvgIpc) is 2.48. The third-order valence-corrected chi connectivity index (χ3v) is 4.20. The van der Waals surface area contributed by atoms with Crippen molar-refractivity contribution in [3.8, 4) is 0 Å². The molecule has 1 aliphatic rings. The van der Waals surface area contributed by atoms with Crippen molar-refractivity contribution in [3.63, 3.8) is 0 Å². The minimum atomic E-state index is -0.375. The Balaban J connectivity index is 1.88. The van der Waals surface area contributed by atoms with E-state index < -0.39 is 0 Å². The number of aliphatic hydroxyl groups excluding tert-OH is 1. The second-order valence-corrected chi connectivity index (χ2v) is 5.75. The molecule has 0 unspecified atom stereocenters. The van der Waals surface area contributed by atoms with Gasteiger partial charge in [-0.2, -0.15) is 0 Å². The first-order valence-corrected chi connectivity index (χ1v) is 7.20. The van der Waals surface area contributed by atoms with Crippen LogP contribution >= 0.6 is 0 Å². The van der Waals surface area contributed by atoms with Crippen molar-refractivity contribution >= 4 is 5.69 Å². The van der Waals surface area contributed by atoms with Crippen molar-refractivity contribution in [1.29, 1.82) is 0 Å². The summed E-state index contributed by atoms with van der Waals surface area (Å²) in [6.45, 7) is 1.59. The molecule has 0 atom stereocenters. The molecule has 0 aromatic heterocycles. The highest BCUT2D eigenvalue weighted by Crippen LogP contribution is 2.35. The van der Waals surface area contributed by atoms with Crippen LogP contribution in [0.5, 0.6) is 0 Å². The van der Waals surface area contributed by atoms with Crippen molar-refractivity contribution in [2.45, 2.75) is 38.6 Å². The second kappa shape index (κ2) is 6.81. The highest BCUT2D eigenvalue weighted by molar-refractivity contribution is 5.34. The molecule has 2 N–H and O–H groups in total. The minimum Gasteiger partial charge on any atom is -0.396 e. The lowest BCUT2D eigenvalue weighted by molar-refractivity contribution is -0.384. The Hall–Kier alpha value is -1.46. The second-order valence-electron chi connectivity index (χ2n) is 5.75. The number of aliphatic hydroxyl groups is 1. The predicted octanol–water partition coefficient (Wildman–Crippen LogP) is 2.63. The van der Waals surface area contributed by atoms with E-state index in [1.54, 1.807) is 12.1 Å². The summed E-state index contributed by atoms with van der Waals surface area (Å²) in [6, 6.07) is 6.68. The van der Waals surface area contributed by atoms with Crippen molar-refractivity contribution in [2.75, 3.05) is 13.2 Å². The standard InChI is InChI=1S/C15H22N2O3/c18-12-15(7-2-1-3-8-15)11-16-10-13-5-4-6-14(9-13)17(19)20/h4-6,9,16,18H,1-3,7-8,10-12H2. The number of benzene rings is 1. The lowest BCUT2D eigenvalue weighted by atomic mass is 9.74. The molecule has 0 saturated heterocycles. The van der Waals surface area contributed by atoms with Crippen molar-refractivity contribution < 1.29 is 10.0 Å². The fourth-order valence-corrected chi connectivity index (χ4v) is 2.94. The summed E-state index contributed by atoms with van der Waals surface area (Å²) in [5.41, 5.74) is 1.03. The van der Waals surface area contributed by atoms with Crippen LogP contribution in [0.1, 0.15) is 37.7 Å². The summed E-state index contributed by atoms with van der Waals surface area (Å²) in [7, 11) is 0. The van der Waals surface area contributed by atoms with Gasteiger partial charge in [0.15, 0.2) is 0 Å². The van der Waals surface area contributed by atoms with Gasteiger partial charge in [-0.05, 0) is 18.4 Å². The summed E-state index contributed by atoms with van der Waals surface area (Å²) >= 11 is 0. The van der Waals surface area contributed by atoms with Gasteiger partial charge in [0.1, 0.15) is 0 Å². The molecule has 0 amide bonds. The molecule has 1 saturated carbocycles. The van der Waals surface area contributed by atoms with E-state index in [9.17, 15) is 15.2 Å². The number of hydrogen-bond acceptors (Lipinski definition) is 4. The van der Waals surface area contributed by atoms with E-state index in [4.69, 9.17) is 0 Å². The number of hydrogen-bond donors (Lipinski definition) is 2. The Kier molecular flexibility index (Phi) is 5.09. The number of nitrogens with zero attached hydrogens (tertiary/aromatic N) is 1. The van der Waals surface area contributed by atoms with Crippen LogP contribution in [0.15, 0.2) is 24.3 Å². The van der Waals surface area contributed by atoms with Crippen LogP contribution in [-0.4, -0.2) is 23.2 Å². The molecule has 1 fully saturated rings. The highest BCUT2D eigenvalue weighted by Gasteiger charge is 2.30. The van der Waals surface area contributed by atoms with Crippen LogP contribution in [0.3, 0.4) is 0 Å². The fourth-order valence-electron chi connectivity index (χ4n) is 2.94. The van der Waals surface area contributed by atoms with E-state index in [0.717, 1.165) is 24.9 Å². The smallest absolute Gasteiger partial charge is 0.269 e. The number of nitro groups is 1. The first-order valence-electron chi connectivity index (χ1n) is 7.20. The predicted molar refractivity (Wildman–Crippen MR) is 77.4 cm³/mol. The number of rotatable bonds is 6. The van der Waals surface area contributed by atoms with Crippen molar-refractivity contribution in [1.82, 2.24) is 5.32 Å². The van der Waals surface area contributed by atoms with Crippen LogP contribution < -0.4 is 5.32 Å². The molecule has 0 bridgehead atoms. The van der Waals surface area contributed by atoms with E-state index in [2.05, 4.69) is 5.32 Å². The summed E-state index contributed by atoms with van der Waals surface area (Å²) < 4.78 is 0. The summed E-state index contributed by atoms with van der Waals surface area (Å²) in [5.74, 6) is 0. The Morgan fingerprint density at radius 3 is 2.70 bits per heavy atom. The first-order chi connectivity index (χ1) is 9.65. The zero-order chi connectivity index (χ0) is 14.4. The molecular formula is C15H22N2O3. The van der Waals surface area contributed by atoms with E-state index in [1.807, 2.05) is 6.07 Å². The van der Waals surface area contributed by atoms with E-state index in [0.29, 0.717) is 6.54 Å². The number of non-ortho nitro benzene ring substituents is 1. The van der Waals surface area contributed by atoms with Crippen molar-refractivity contribution in [3.05, 3.63) is 39.9 Å². The molecule has 0 heterocycles. The summed E-state index contributed by atoms with van der Waals surface area (Å²) in [5, 5.41) is 23.7. The van der Waals surface area contributed by atoms with Gasteiger partial charge in [-0.25, -0.2) is 0 Å². The van der Waals surface area contributed by atoms with Crippen LogP contribution in [-0.2, 0) is 6.54 Å². The normalized spacial score (nSPS) is 17.9. The Labute approximate surface area is 119 Å². The quantitative estimate of drug-likeness (QED) is 0.619. The van der Waals surface area contributed by atoms with Gasteiger partial charge < -0.3 is 10.4 Å². The molecule has 0 radical (unpaired) electrons. The van der Waals surface area contributed by atoms with Gasteiger partial charge in [-0.15, -0.1) is 0 Å². The lowest BCUT2D eigenvalue weighted by Crippen LogP contribution is -2.38. The molecule has 110 valence electrons. The largest absolute Gasteiger partial charge is 0.396 e. The SMILES string of the molecule is O=[N+]([O-])c1cccc(CNCC2(CO)CCCCC2)c1. The third-order valence-electron chi connectivity index (χ3n) is 4.20. The topological polar surface area (TPSA) is 75.4 Å². The Bertz CT molecular complexity index is 456. The minimum absolute atomic E-state index is 0.00103. The van der Waals surface area contributed by atoms with Gasteiger partial charge in [0.05, 0.1) is 4.92 Å². The van der Waals surface area contributed by atoms with Gasteiger partial charge in [-0.3, -0.25) is 10.1 Å².